The smallest absolute Gasteiger partial charge is 0.412 e. The van der Waals surface area contributed by atoms with Crippen LogP contribution in [0.1, 0.15) is 66.1 Å². The summed E-state index contributed by atoms with van der Waals surface area (Å²) in [6, 6.07) is 5.11. The van der Waals surface area contributed by atoms with Crippen molar-refractivity contribution in [2.75, 3.05) is 5.32 Å². The molecule has 0 aliphatic carbocycles. The molecule has 1 rings (SSSR count). The Bertz CT molecular complexity index is 646. The molecule has 1 atom stereocenters. The molecule has 0 spiro atoms. The van der Waals surface area contributed by atoms with Gasteiger partial charge in [-0.2, -0.15) is 0 Å². The molecule has 26 heavy (non-hydrogen) atoms. The van der Waals surface area contributed by atoms with Crippen LogP contribution in [0, 0.1) is 0 Å². The average molecular weight is 430 g/mol. The molecule has 0 bridgehead atoms. The fraction of sp³-hybridized carbons (Fsp3) is 0.579. The highest BCUT2D eigenvalue weighted by molar-refractivity contribution is 9.10. The molecule has 1 aromatic rings. The van der Waals surface area contributed by atoms with Crippen molar-refractivity contribution in [3.63, 3.8) is 0 Å². The van der Waals surface area contributed by atoms with Gasteiger partial charge in [0, 0.05) is 22.1 Å². The van der Waals surface area contributed by atoms with Gasteiger partial charge >= 0.3 is 12.1 Å². The van der Waals surface area contributed by atoms with E-state index in [9.17, 15) is 14.7 Å². The number of aliphatic hydroxyl groups excluding tert-OH is 1. The van der Waals surface area contributed by atoms with Crippen molar-refractivity contribution in [3.8, 4) is 0 Å². The topological polar surface area (TPSA) is 84.9 Å². The summed E-state index contributed by atoms with van der Waals surface area (Å²) in [6.07, 6.45) is -1.31. The molecule has 7 heteroatoms. The van der Waals surface area contributed by atoms with E-state index in [0.717, 1.165) is 4.47 Å². The minimum atomic E-state index is -0.940. The second-order valence-electron chi connectivity index (χ2n) is 8.00. The van der Waals surface area contributed by atoms with E-state index in [4.69, 9.17) is 9.47 Å². The lowest BCUT2D eigenvalue weighted by Gasteiger charge is -2.22. The molecule has 1 unspecified atom stereocenters. The Balaban J connectivity index is 2.82. The maximum atomic E-state index is 12.0. The quantitative estimate of drug-likeness (QED) is 0.646. The zero-order chi connectivity index (χ0) is 20.1. The number of ether oxygens (including phenoxy) is 2. The predicted molar refractivity (Wildman–Crippen MR) is 104 cm³/mol. The van der Waals surface area contributed by atoms with E-state index in [1.165, 1.54) is 0 Å². The summed E-state index contributed by atoms with van der Waals surface area (Å²) in [4.78, 5) is 23.9. The number of carbonyl (C=O) groups excluding carboxylic acids is 2. The van der Waals surface area contributed by atoms with E-state index in [1.807, 2.05) is 0 Å². The van der Waals surface area contributed by atoms with Gasteiger partial charge in [-0.3, -0.25) is 10.1 Å². The van der Waals surface area contributed by atoms with Crippen LogP contribution < -0.4 is 5.32 Å². The maximum Gasteiger partial charge on any atom is 0.412 e. The minimum Gasteiger partial charge on any atom is -0.460 e. The number of nitrogens with one attached hydrogen (secondary N) is 1. The van der Waals surface area contributed by atoms with Crippen LogP contribution in [-0.2, 0) is 14.3 Å². The van der Waals surface area contributed by atoms with Gasteiger partial charge in [0.25, 0.3) is 0 Å². The fourth-order valence-corrected chi connectivity index (χ4v) is 2.52. The molecule has 0 aromatic heterocycles. The van der Waals surface area contributed by atoms with Gasteiger partial charge < -0.3 is 14.6 Å². The van der Waals surface area contributed by atoms with Crippen molar-refractivity contribution in [2.45, 2.75) is 71.7 Å². The second kappa shape index (κ2) is 8.86. The van der Waals surface area contributed by atoms with E-state index in [2.05, 4.69) is 21.2 Å². The summed E-state index contributed by atoms with van der Waals surface area (Å²) >= 11 is 3.35. The standard InChI is InChI=1S/C19H28BrNO5/c1-18(2,3)25-16(23)10-9-15(22)13-11-12(20)7-8-14(13)21-17(24)26-19(4,5)6/h7-8,11,15,22H,9-10H2,1-6H3,(H,21,24). The number of halogens is 1. The van der Waals surface area contributed by atoms with Crippen LogP contribution in [0.25, 0.3) is 0 Å². The molecule has 1 aromatic carbocycles. The average Bonchev–Trinajstić information content (AvgIpc) is 2.42. The molecule has 0 saturated carbocycles. The molecule has 0 saturated heterocycles. The number of anilines is 1. The number of hydrogen-bond donors (Lipinski definition) is 2. The van der Waals surface area contributed by atoms with Crippen LogP contribution in [-0.4, -0.2) is 28.4 Å². The molecule has 0 heterocycles. The number of amides is 1. The number of aliphatic hydroxyl groups is 1. The van der Waals surface area contributed by atoms with E-state index in [-0.39, 0.29) is 18.8 Å². The molecule has 0 aliphatic rings. The first-order chi connectivity index (χ1) is 11.8. The molecule has 2 N–H and O–H groups in total. The number of esters is 1. The van der Waals surface area contributed by atoms with E-state index in [0.29, 0.717) is 11.3 Å². The molecule has 0 fully saturated rings. The molecular formula is C19H28BrNO5. The first-order valence-electron chi connectivity index (χ1n) is 8.46. The Labute approximate surface area is 163 Å². The van der Waals surface area contributed by atoms with E-state index >= 15 is 0 Å². The number of hydrogen-bond acceptors (Lipinski definition) is 5. The van der Waals surface area contributed by atoms with Crippen LogP contribution in [0.4, 0.5) is 10.5 Å². The highest BCUT2D eigenvalue weighted by Crippen LogP contribution is 2.30. The van der Waals surface area contributed by atoms with Gasteiger partial charge in [-0.1, -0.05) is 15.9 Å². The zero-order valence-corrected chi connectivity index (χ0v) is 17.8. The first kappa shape index (κ1) is 22.4. The van der Waals surface area contributed by atoms with Crippen molar-refractivity contribution in [1.29, 1.82) is 0 Å². The number of carbonyl (C=O) groups is 2. The van der Waals surface area contributed by atoms with Gasteiger partial charge in [0.2, 0.25) is 0 Å². The third kappa shape index (κ3) is 8.67. The molecular weight excluding hydrogens is 402 g/mol. The second-order valence-corrected chi connectivity index (χ2v) is 8.92. The SMILES string of the molecule is CC(C)(C)OC(=O)CCC(O)c1cc(Br)ccc1NC(=O)OC(C)(C)C. The van der Waals surface area contributed by atoms with Crippen LogP contribution >= 0.6 is 15.9 Å². The minimum absolute atomic E-state index is 0.0663. The van der Waals surface area contributed by atoms with Crippen LogP contribution in [0.15, 0.2) is 22.7 Å². The van der Waals surface area contributed by atoms with Crippen LogP contribution in [0.5, 0.6) is 0 Å². The summed E-state index contributed by atoms with van der Waals surface area (Å²) < 4.78 is 11.2. The highest BCUT2D eigenvalue weighted by atomic mass is 79.9. The Morgan fingerprint density at radius 2 is 1.69 bits per heavy atom. The number of rotatable bonds is 5. The van der Waals surface area contributed by atoms with Gasteiger partial charge in [-0.25, -0.2) is 4.79 Å². The highest BCUT2D eigenvalue weighted by Gasteiger charge is 2.21. The maximum absolute atomic E-state index is 12.0. The Kier molecular flexibility index (Phi) is 7.65. The van der Waals surface area contributed by atoms with Crippen molar-refractivity contribution < 1.29 is 24.2 Å². The van der Waals surface area contributed by atoms with Gasteiger partial charge in [0.15, 0.2) is 0 Å². The Morgan fingerprint density at radius 1 is 1.12 bits per heavy atom. The largest absolute Gasteiger partial charge is 0.460 e. The van der Waals surface area contributed by atoms with Crippen molar-refractivity contribution >= 4 is 33.7 Å². The Morgan fingerprint density at radius 3 is 2.23 bits per heavy atom. The van der Waals surface area contributed by atoms with E-state index < -0.39 is 23.4 Å². The van der Waals surface area contributed by atoms with Crippen molar-refractivity contribution in [1.82, 2.24) is 0 Å². The molecule has 0 aliphatic heterocycles. The van der Waals surface area contributed by atoms with Crippen molar-refractivity contribution in [3.05, 3.63) is 28.2 Å². The van der Waals surface area contributed by atoms with Gasteiger partial charge in [-0.05, 0) is 66.2 Å². The monoisotopic (exact) mass is 429 g/mol. The normalized spacial score (nSPS) is 13.1. The Hall–Kier alpha value is -1.60. The third-order valence-electron chi connectivity index (χ3n) is 3.05. The molecule has 146 valence electrons. The molecule has 0 radical (unpaired) electrons. The lowest BCUT2D eigenvalue weighted by molar-refractivity contribution is -0.155. The third-order valence-corrected chi connectivity index (χ3v) is 3.54. The summed E-state index contributed by atoms with van der Waals surface area (Å²) in [5, 5.41) is 13.1. The van der Waals surface area contributed by atoms with Gasteiger partial charge in [-0.15, -0.1) is 0 Å². The van der Waals surface area contributed by atoms with Crippen molar-refractivity contribution in [2.24, 2.45) is 0 Å². The summed E-state index contributed by atoms with van der Waals surface area (Å²) in [5.74, 6) is -0.381. The number of benzene rings is 1. The van der Waals surface area contributed by atoms with Gasteiger partial charge in [0.05, 0.1) is 6.10 Å². The van der Waals surface area contributed by atoms with E-state index in [1.54, 1.807) is 59.7 Å². The van der Waals surface area contributed by atoms with Gasteiger partial charge in [0.1, 0.15) is 11.2 Å². The summed E-state index contributed by atoms with van der Waals surface area (Å²) in [6.45, 7) is 10.7. The fourth-order valence-electron chi connectivity index (χ4n) is 2.14. The lowest BCUT2D eigenvalue weighted by Crippen LogP contribution is -2.27. The predicted octanol–water partition coefficient (Wildman–Crippen LogP) is 4.95. The summed E-state index contributed by atoms with van der Waals surface area (Å²) in [7, 11) is 0. The summed E-state index contributed by atoms with van der Waals surface area (Å²) in [5.41, 5.74) is -0.274. The first-order valence-corrected chi connectivity index (χ1v) is 9.25. The lowest BCUT2D eigenvalue weighted by atomic mass is 10.0. The van der Waals surface area contributed by atoms with Crippen LogP contribution in [0.3, 0.4) is 0 Å². The van der Waals surface area contributed by atoms with Crippen LogP contribution in [0.2, 0.25) is 0 Å². The zero-order valence-electron chi connectivity index (χ0n) is 16.2. The molecule has 1 amide bonds. The molecule has 6 nitrogen and oxygen atoms in total.